The van der Waals surface area contributed by atoms with Crippen molar-refractivity contribution in [1.29, 1.82) is 0 Å². The molecule has 1 aliphatic rings. The average Bonchev–Trinajstić information content (AvgIpc) is 3.07. The van der Waals surface area contributed by atoms with Gasteiger partial charge in [0.2, 0.25) is 11.7 Å². The van der Waals surface area contributed by atoms with Crippen molar-refractivity contribution in [2.24, 2.45) is 0 Å². The molecule has 8 nitrogen and oxygen atoms in total. The Morgan fingerprint density at radius 3 is 2.39 bits per heavy atom. The third-order valence-corrected chi connectivity index (χ3v) is 5.81. The van der Waals surface area contributed by atoms with Crippen molar-refractivity contribution in [1.82, 2.24) is 25.2 Å². The summed E-state index contributed by atoms with van der Waals surface area (Å²) >= 11 is 2.95. The van der Waals surface area contributed by atoms with Crippen LogP contribution in [0.4, 0.5) is 26.7 Å². The van der Waals surface area contributed by atoms with Crippen LogP contribution in [0.3, 0.4) is 0 Å². The van der Waals surface area contributed by atoms with E-state index in [0.717, 1.165) is 17.3 Å². The summed E-state index contributed by atoms with van der Waals surface area (Å²) in [5, 5.41) is 2.54. The van der Waals surface area contributed by atoms with Crippen LogP contribution in [0, 0.1) is 5.82 Å². The molecule has 3 atom stereocenters. The maximum atomic E-state index is 14.6. The third-order valence-electron chi connectivity index (χ3n) is 5.28. The second kappa shape index (κ2) is 10.2. The van der Waals surface area contributed by atoms with Gasteiger partial charge >= 0.3 is 12.3 Å². The van der Waals surface area contributed by atoms with Gasteiger partial charge in [-0.1, -0.05) is 0 Å². The fourth-order valence-corrected chi connectivity index (χ4v) is 4.02. The van der Waals surface area contributed by atoms with Gasteiger partial charge in [0, 0.05) is 29.9 Å². The van der Waals surface area contributed by atoms with E-state index in [1.54, 1.807) is 20.8 Å². The lowest BCUT2D eigenvalue weighted by Crippen LogP contribution is -2.50. The lowest BCUT2D eigenvalue weighted by molar-refractivity contribution is -0.145. The smallest absolute Gasteiger partial charge is 0.444 e. The van der Waals surface area contributed by atoms with Crippen LogP contribution in [0.15, 0.2) is 23.1 Å². The van der Waals surface area contributed by atoms with Crippen molar-refractivity contribution in [3.8, 4) is 11.1 Å². The number of ether oxygens (including phenoxy) is 1. The number of rotatable bonds is 4. The van der Waals surface area contributed by atoms with Crippen molar-refractivity contribution in [3.05, 3.63) is 40.4 Å². The quantitative estimate of drug-likeness (QED) is 0.412. The Balaban J connectivity index is 1.78. The Bertz CT molecular complexity index is 1140. The standard InChI is InChI=1S/C22H23BrF5N5O3/c1-10-14(24)6-15(33(10)20(35)36-21(2,3)4)18(34)29-9-12-5-13(16(25)17(23)32-12)11-7-30-19(31-8-11)22(26,27)28/h5,7-8,10,14-15H,6,9H2,1-4H3,(H,29,34)/t10-,14+,15-/m0/s1. The van der Waals surface area contributed by atoms with Crippen molar-refractivity contribution < 1.29 is 36.3 Å². The van der Waals surface area contributed by atoms with Gasteiger partial charge in [-0.3, -0.25) is 9.69 Å². The van der Waals surface area contributed by atoms with Gasteiger partial charge in [-0.05, 0) is 49.7 Å². The fourth-order valence-electron chi connectivity index (χ4n) is 3.58. The topological polar surface area (TPSA) is 97.3 Å². The van der Waals surface area contributed by atoms with Crippen molar-refractivity contribution in [2.75, 3.05) is 0 Å². The summed E-state index contributed by atoms with van der Waals surface area (Å²) in [6.45, 7) is 6.16. The zero-order chi connectivity index (χ0) is 27.0. The van der Waals surface area contributed by atoms with E-state index in [9.17, 15) is 31.5 Å². The van der Waals surface area contributed by atoms with Crippen LogP contribution in [0.2, 0.25) is 0 Å². The van der Waals surface area contributed by atoms with E-state index in [1.165, 1.54) is 13.0 Å². The molecule has 0 bridgehead atoms. The fraction of sp³-hybridized carbons (Fsp3) is 0.500. The lowest BCUT2D eigenvalue weighted by Gasteiger charge is -2.30. The number of hydrogen-bond donors (Lipinski definition) is 1. The first-order valence-electron chi connectivity index (χ1n) is 10.8. The van der Waals surface area contributed by atoms with E-state index >= 15 is 0 Å². The molecule has 0 spiro atoms. The van der Waals surface area contributed by atoms with Gasteiger partial charge in [0.1, 0.15) is 22.4 Å². The van der Waals surface area contributed by atoms with E-state index in [1.807, 2.05) is 0 Å². The number of amides is 2. The third kappa shape index (κ3) is 6.26. The Hall–Kier alpha value is -2.90. The molecule has 0 radical (unpaired) electrons. The number of pyridine rings is 1. The summed E-state index contributed by atoms with van der Waals surface area (Å²) in [6.07, 6.45) is -5.62. The van der Waals surface area contributed by atoms with Crippen molar-refractivity contribution in [3.63, 3.8) is 0 Å². The predicted molar refractivity (Wildman–Crippen MR) is 121 cm³/mol. The van der Waals surface area contributed by atoms with E-state index in [-0.39, 0.29) is 34.4 Å². The van der Waals surface area contributed by atoms with Gasteiger partial charge in [-0.2, -0.15) is 13.2 Å². The van der Waals surface area contributed by atoms with Gasteiger partial charge in [0.05, 0.1) is 18.3 Å². The monoisotopic (exact) mass is 579 g/mol. The molecule has 0 aromatic carbocycles. The SMILES string of the molecule is C[C@H]1[C@H](F)C[C@@H](C(=O)NCc2cc(-c3cnc(C(F)(F)F)nc3)c(F)c(Br)n2)N1C(=O)OC(C)(C)C. The van der Waals surface area contributed by atoms with Crippen LogP contribution in [-0.4, -0.2) is 55.7 Å². The highest BCUT2D eigenvalue weighted by molar-refractivity contribution is 9.10. The summed E-state index contributed by atoms with van der Waals surface area (Å²) in [7, 11) is 0. The molecule has 0 unspecified atom stereocenters. The normalized spacial score (nSPS) is 20.4. The minimum absolute atomic E-state index is 0.0443. The first-order chi connectivity index (χ1) is 16.6. The molecule has 3 rings (SSSR count). The molecule has 36 heavy (non-hydrogen) atoms. The summed E-state index contributed by atoms with van der Waals surface area (Å²) in [5.74, 6) is -2.91. The predicted octanol–water partition coefficient (Wildman–Crippen LogP) is 4.81. The first kappa shape index (κ1) is 27.7. The van der Waals surface area contributed by atoms with Gasteiger partial charge in [-0.25, -0.2) is 28.5 Å². The summed E-state index contributed by atoms with van der Waals surface area (Å²) < 4.78 is 72.3. The number of likely N-dealkylation sites (tertiary alicyclic amines) is 1. The van der Waals surface area contributed by atoms with Gasteiger partial charge < -0.3 is 10.1 Å². The zero-order valence-electron chi connectivity index (χ0n) is 19.7. The van der Waals surface area contributed by atoms with Gasteiger partial charge in [0.25, 0.3) is 0 Å². The number of carbonyl (C=O) groups excluding carboxylic acids is 2. The minimum Gasteiger partial charge on any atom is -0.444 e. The second-order valence-corrected chi connectivity index (χ2v) is 9.92. The van der Waals surface area contributed by atoms with Crippen LogP contribution in [0.25, 0.3) is 11.1 Å². The summed E-state index contributed by atoms with van der Waals surface area (Å²) in [6, 6.07) is -0.816. The molecule has 3 heterocycles. The maximum absolute atomic E-state index is 14.6. The number of hydrogen-bond acceptors (Lipinski definition) is 6. The van der Waals surface area contributed by atoms with Crippen LogP contribution >= 0.6 is 15.9 Å². The molecule has 0 saturated carbocycles. The van der Waals surface area contributed by atoms with E-state index in [0.29, 0.717) is 0 Å². The number of halogens is 6. The molecule has 1 N–H and O–H groups in total. The average molecular weight is 580 g/mol. The van der Waals surface area contributed by atoms with Crippen LogP contribution in [0.1, 0.15) is 45.6 Å². The van der Waals surface area contributed by atoms with E-state index in [2.05, 4.69) is 36.2 Å². The number of aromatic nitrogens is 3. The number of nitrogens with zero attached hydrogens (tertiary/aromatic N) is 4. The summed E-state index contributed by atoms with van der Waals surface area (Å²) in [5.41, 5.74) is -0.909. The second-order valence-electron chi connectivity index (χ2n) is 9.17. The highest BCUT2D eigenvalue weighted by Gasteiger charge is 2.46. The number of carbonyl (C=O) groups is 2. The molecule has 2 aromatic heterocycles. The van der Waals surface area contributed by atoms with E-state index < -0.39 is 53.7 Å². The van der Waals surface area contributed by atoms with Crippen molar-refractivity contribution >= 4 is 27.9 Å². The molecule has 2 aromatic rings. The number of alkyl halides is 4. The highest BCUT2D eigenvalue weighted by Crippen LogP contribution is 2.31. The Morgan fingerprint density at radius 2 is 1.83 bits per heavy atom. The maximum Gasteiger partial charge on any atom is 0.451 e. The van der Waals surface area contributed by atoms with Crippen LogP contribution in [-0.2, 0) is 22.3 Å². The lowest BCUT2D eigenvalue weighted by atomic mass is 10.1. The van der Waals surface area contributed by atoms with Gasteiger partial charge in [-0.15, -0.1) is 0 Å². The first-order valence-corrected chi connectivity index (χ1v) is 11.6. The molecule has 14 heteroatoms. The molecule has 0 aliphatic carbocycles. The van der Waals surface area contributed by atoms with Gasteiger partial charge in [0.15, 0.2) is 5.82 Å². The highest BCUT2D eigenvalue weighted by atomic mass is 79.9. The largest absolute Gasteiger partial charge is 0.451 e. The zero-order valence-corrected chi connectivity index (χ0v) is 21.2. The van der Waals surface area contributed by atoms with E-state index in [4.69, 9.17) is 4.74 Å². The molecule has 196 valence electrons. The Morgan fingerprint density at radius 1 is 1.22 bits per heavy atom. The Labute approximate surface area is 211 Å². The van der Waals surface area contributed by atoms with Crippen molar-refractivity contribution in [2.45, 2.75) is 70.7 Å². The Kier molecular flexibility index (Phi) is 7.86. The number of nitrogens with one attached hydrogen (secondary N) is 1. The molecular weight excluding hydrogens is 557 g/mol. The van der Waals surface area contributed by atoms with Crippen LogP contribution in [0.5, 0.6) is 0 Å². The molecular formula is C22H23BrF5N5O3. The van der Waals surface area contributed by atoms with Crippen LogP contribution < -0.4 is 5.32 Å². The molecule has 1 aliphatic heterocycles. The summed E-state index contributed by atoms with van der Waals surface area (Å²) in [4.78, 5) is 36.9. The molecule has 2 amide bonds. The molecule has 1 saturated heterocycles. The molecule has 1 fully saturated rings. The minimum atomic E-state index is -4.76.